The third-order valence-corrected chi connectivity index (χ3v) is 4.39. The summed E-state index contributed by atoms with van der Waals surface area (Å²) in [4.78, 5) is 16.2. The predicted octanol–water partition coefficient (Wildman–Crippen LogP) is 1.80. The number of hydrogen-bond donors (Lipinski definition) is 1. The zero-order valence-electron chi connectivity index (χ0n) is 11.5. The van der Waals surface area contributed by atoms with Crippen molar-refractivity contribution < 1.29 is 9.90 Å². The lowest BCUT2D eigenvalue weighted by atomic mass is 10.1. The van der Waals surface area contributed by atoms with Crippen molar-refractivity contribution in [3.8, 4) is 0 Å². The van der Waals surface area contributed by atoms with E-state index >= 15 is 0 Å². The Labute approximate surface area is 110 Å². The molecule has 4 heteroatoms. The molecule has 104 valence electrons. The second-order valence-electron chi connectivity index (χ2n) is 5.68. The van der Waals surface area contributed by atoms with E-state index in [1.807, 2.05) is 0 Å². The van der Waals surface area contributed by atoms with Crippen molar-refractivity contribution in [2.24, 2.45) is 0 Å². The Kier molecular flexibility index (Phi) is 5.01. The monoisotopic (exact) mass is 254 g/mol. The molecule has 1 N–H and O–H groups in total. The van der Waals surface area contributed by atoms with Crippen molar-refractivity contribution in [3.63, 3.8) is 0 Å². The van der Waals surface area contributed by atoms with Crippen molar-refractivity contribution >= 4 is 5.97 Å². The molecule has 0 bridgehead atoms. The number of hydrogen-bond acceptors (Lipinski definition) is 3. The van der Waals surface area contributed by atoms with E-state index in [1.165, 1.54) is 19.4 Å². The fourth-order valence-corrected chi connectivity index (χ4v) is 3.38. The third-order valence-electron chi connectivity index (χ3n) is 4.39. The lowest BCUT2D eigenvalue weighted by Gasteiger charge is -2.30. The molecule has 2 fully saturated rings. The molecule has 0 aromatic heterocycles. The first-order valence-corrected chi connectivity index (χ1v) is 7.43. The summed E-state index contributed by atoms with van der Waals surface area (Å²) in [7, 11) is 0. The molecule has 0 aromatic rings. The van der Waals surface area contributed by atoms with Crippen LogP contribution in [0.1, 0.15) is 45.4 Å². The molecule has 0 aliphatic carbocycles. The van der Waals surface area contributed by atoms with E-state index in [2.05, 4.69) is 16.7 Å². The van der Waals surface area contributed by atoms with Crippen LogP contribution in [0.4, 0.5) is 0 Å². The highest BCUT2D eigenvalue weighted by Crippen LogP contribution is 2.23. The van der Waals surface area contributed by atoms with E-state index < -0.39 is 5.97 Å². The summed E-state index contributed by atoms with van der Waals surface area (Å²) in [5.74, 6) is -0.630. The highest BCUT2D eigenvalue weighted by Gasteiger charge is 2.33. The zero-order chi connectivity index (χ0) is 13.0. The molecular formula is C14H26N2O2. The number of fused-ring (bicyclic) bond motifs is 1. The lowest BCUT2D eigenvalue weighted by Crippen LogP contribution is -2.45. The molecule has 2 rings (SSSR count). The van der Waals surface area contributed by atoms with Crippen molar-refractivity contribution in [1.82, 2.24) is 9.80 Å². The first-order valence-electron chi connectivity index (χ1n) is 7.43. The Morgan fingerprint density at radius 3 is 2.83 bits per heavy atom. The Balaban J connectivity index is 1.97. The molecule has 2 heterocycles. The summed E-state index contributed by atoms with van der Waals surface area (Å²) >= 11 is 0. The largest absolute Gasteiger partial charge is 0.480 e. The van der Waals surface area contributed by atoms with Crippen molar-refractivity contribution in [3.05, 3.63) is 0 Å². The average molecular weight is 254 g/mol. The smallest absolute Gasteiger partial charge is 0.320 e. The molecule has 2 saturated heterocycles. The molecule has 2 aliphatic heterocycles. The Morgan fingerprint density at radius 1 is 1.33 bits per heavy atom. The number of unbranched alkanes of at least 4 members (excludes halogenated alkanes) is 1. The van der Waals surface area contributed by atoms with Crippen molar-refractivity contribution in [1.29, 1.82) is 0 Å². The lowest BCUT2D eigenvalue weighted by molar-refractivity contribution is -0.143. The number of rotatable bonds is 5. The van der Waals surface area contributed by atoms with Crippen LogP contribution < -0.4 is 0 Å². The Hall–Kier alpha value is -0.610. The zero-order valence-corrected chi connectivity index (χ0v) is 11.5. The minimum atomic E-state index is -0.630. The molecule has 18 heavy (non-hydrogen) atoms. The minimum Gasteiger partial charge on any atom is -0.480 e. The summed E-state index contributed by atoms with van der Waals surface area (Å²) in [6.45, 7) is 6.40. The Morgan fingerprint density at radius 2 is 2.11 bits per heavy atom. The van der Waals surface area contributed by atoms with Gasteiger partial charge in [0.05, 0.1) is 0 Å². The second-order valence-corrected chi connectivity index (χ2v) is 5.68. The van der Waals surface area contributed by atoms with Crippen LogP contribution in [0.2, 0.25) is 0 Å². The van der Waals surface area contributed by atoms with Gasteiger partial charge in [-0.15, -0.1) is 0 Å². The van der Waals surface area contributed by atoms with Gasteiger partial charge in [0, 0.05) is 19.1 Å². The van der Waals surface area contributed by atoms with Gasteiger partial charge >= 0.3 is 5.97 Å². The van der Waals surface area contributed by atoms with Crippen LogP contribution in [0.5, 0.6) is 0 Å². The second kappa shape index (κ2) is 6.53. The molecule has 0 aromatic carbocycles. The van der Waals surface area contributed by atoms with Gasteiger partial charge in [-0.1, -0.05) is 19.8 Å². The maximum Gasteiger partial charge on any atom is 0.320 e. The molecule has 2 aliphatic rings. The summed E-state index contributed by atoms with van der Waals surface area (Å²) in [6.07, 6.45) is 6.54. The number of carbonyl (C=O) groups is 1. The fourth-order valence-electron chi connectivity index (χ4n) is 3.38. The van der Waals surface area contributed by atoms with Crippen molar-refractivity contribution in [2.45, 2.75) is 57.5 Å². The van der Waals surface area contributed by atoms with Crippen LogP contribution in [-0.2, 0) is 4.79 Å². The minimum absolute atomic E-state index is 0.259. The Bertz CT molecular complexity index is 283. The van der Waals surface area contributed by atoms with Gasteiger partial charge in [-0.05, 0) is 38.8 Å². The molecule has 0 spiro atoms. The average Bonchev–Trinajstić information content (AvgIpc) is 2.68. The van der Waals surface area contributed by atoms with Gasteiger partial charge in [-0.3, -0.25) is 14.6 Å². The summed E-state index contributed by atoms with van der Waals surface area (Å²) < 4.78 is 0. The number of aliphatic carboxylic acids is 1. The predicted molar refractivity (Wildman–Crippen MR) is 71.7 cm³/mol. The van der Waals surface area contributed by atoms with Crippen LogP contribution in [-0.4, -0.2) is 59.1 Å². The van der Waals surface area contributed by atoms with E-state index in [0.717, 1.165) is 45.3 Å². The van der Waals surface area contributed by atoms with Crippen LogP contribution in [0.25, 0.3) is 0 Å². The van der Waals surface area contributed by atoms with Crippen molar-refractivity contribution in [2.75, 3.05) is 26.2 Å². The fraction of sp³-hybridized carbons (Fsp3) is 0.929. The van der Waals surface area contributed by atoms with E-state index in [1.54, 1.807) is 0 Å². The molecule has 0 saturated carbocycles. The number of nitrogens with zero attached hydrogens (tertiary/aromatic N) is 2. The van der Waals surface area contributed by atoms with Crippen LogP contribution in [0.15, 0.2) is 0 Å². The van der Waals surface area contributed by atoms with Crippen LogP contribution in [0.3, 0.4) is 0 Å². The molecule has 2 atom stereocenters. The summed E-state index contributed by atoms with van der Waals surface area (Å²) in [5, 5.41) is 9.43. The quantitative estimate of drug-likeness (QED) is 0.812. The highest BCUT2D eigenvalue weighted by molar-refractivity contribution is 5.73. The SMILES string of the molecule is CCCCC(C(=O)O)N1CCCN2CCCC2C1. The van der Waals surface area contributed by atoms with Gasteiger partial charge in [0.15, 0.2) is 0 Å². The van der Waals surface area contributed by atoms with E-state index in [4.69, 9.17) is 0 Å². The summed E-state index contributed by atoms with van der Waals surface area (Å²) in [5.41, 5.74) is 0. The number of carboxylic acid groups (broad SMARTS) is 1. The normalized spacial score (nSPS) is 27.7. The highest BCUT2D eigenvalue weighted by atomic mass is 16.4. The van der Waals surface area contributed by atoms with Gasteiger partial charge in [0.25, 0.3) is 0 Å². The first kappa shape index (κ1) is 13.8. The van der Waals surface area contributed by atoms with Gasteiger partial charge in [0.2, 0.25) is 0 Å². The van der Waals surface area contributed by atoms with Crippen LogP contribution >= 0.6 is 0 Å². The standard InChI is InChI=1S/C14H26N2O2/c1-2-3-7-13(14(17)18)16-10-5-9-15-8-4-6-12(15)11-16/h12-13H,2-11H2,1H3,(H,17,18). The van der Waals surface area contributed by atoms with E-state index in [-0.39, 0.29) is 6.04 Å². The molecule has 4 nitrogen and oxygen atoms in total. The maximum atomic E-state index is 11.5. The molecule has 0 radical (unpaired) electrons. The van der Waals surface area contributed by atoms with Crippen LogP contribution in [0, 0.1) is 0 Å². The number of carboxylic acids is 1. The third kappa shape index (κ3) is 3.23. The summed E-state index contributed by atoms with van der Waals surface area (Å²) in [6, 6.07) is 0.349. The van der Waals surface area contributed by atoms with Gasteiger partial charge in [-0.2, -0.15) is 0 Å². The van der Waals surface area contributed by atoms with Gasteiger partial charge < -0.3 is 5.11 Å². The maximum absolute atomic E-state index is 11.5. The molecule has 0 amide bonds. The first-order chi connectivity index (χ1) is 8.72. The van der Waals surface area contributed by atoms with E-state index in [9.17, 15) is 9.90 Å². The molecule has 2 unspecified atom stereocenters. The van der Waals surface area contributed by atoms with Gasteiger partial charge in [-0.25, -0.2) is 0 Å². The topological polar surface area (TPSA) is 43.8 Å². The van der Waals surface area contributed by atoms with Gasteiger partial charge in [0.1, 0.15) is 6.04 Å². The van der Waals surface area contributed by atoms with E-state index in [0.29, 0.717) is 6.04 Å². The molecular weight excluding hydrogens is 228 g/mol.